The fourth-order valence-electron chi connectivity index (χ4n) is 6.58. The Labute approximate surface area is 263 Å². The predicted molar refractivity (Wildman–Crippen MR) is 173 cm³/mol. The molecule has 0 aromatic carbocycles. The Morgan fingerprint density at radius 1 is 0.778 bits per heavy atom. The summed E-state index contributed by atoms with van der Waals surface area (Å²) in [6.07, 6.45) is 5.80. The second-order valence-corrected chi connectivity index (χ2v) is 12.2. The van der Waals surface area contributed by atoms with E-state index in [1.807, 2.05) is 46.8 Å². The number of carbonyl (C=O) groups is 4. The third kappa shape index (κ3) is 6.60. The van der Waals surface area contributed by atoms with Crippen LogP contribution < -0.4 is 10.6 Å². The van der Waals surface area contributed by atoms with E-state index in [0.29, 0.717) is 36.8 Å². The number of H-pyrrole nitrogens is 2. The second-order valence-electron chi connectivity index (χ2n) is 12.2. The fraction of sp³-hybridized carbons (Fsp3) is 0.429. The minimum absolute atomic E-state index is 0.0627. The van der Waals surface area contributed by atoms with Crippen LogP contribution in [-0.2, 0) is 32.0 Å². The Kier molecular flexibility index (Phi) is 9.75. The maximum absolute atomic E-state index is 12.4. The zero-order chi connectivity index (χ0) is 33.3. The summed E-state index contributed by atoms with van der Waals surface area (Å²) in [5.41, 5.74) is 11.4. The molecule has 0 fully saturated rings. The normalized spacial score (nSPS) is 18.3. The van der Waals surface area contributed by atoms with Crippen molar-refractivity contribution in [1.82, 2.24) is 20.6 Å². The molecule has 2 aliphatic rings. The van der Waals surface area contributed by atoms with E-state index in [1.165, 1.54) is 0 Å². The lowest BCUT2D eigenvalue weighted by atomic mass is 9.91. The van der Waals surface area contributed by atoms with Gasteiger partial charge in [0.1, 0.15) is 0 Å². The molecule has 240 valence electrons. The highest BCUT2D eigenvalue weighted by atomic mass is 16.4. The molecule has 0 bridgehead atoms. The van der Waals surface area contributed by atoms with Crippen LogP contribution in [0.15, 0.2) is 33.7 Å². The molecule has 0 radical (unpaired) electrons. The van der Waals surface area contributed by atoms with Crippen molar-refractivity contribution < 1.29 is 29.4 Å². The number of amides is 2. The van der Waals surface area contributed by atoms with Crippen LogP contribution in [0.1, 0.15) is 112 Å². The van der Waals surface area contributed by atoms with Gasteiger partial charge in [0.15, 0.2) is 0 Å². The molecular weight excluding hydrogens is 572 g/mol. The van der Waals surface area contributed by atoms with E-state index < -0.39 is 17.9 Å². The summed E-state index contributed by atoms with van der Waals surface area (Å²) in [5.74, 6) is -3.00. The summed E-state index contributed by atoms with van der Waals surface area (Å²) in [5, 5.41) is 25.3. The van der Waals surface area contributed by atoms with Crippen molar-refractivity contribution in [3.05, 3.63) is 78.7 Å². The molecule has 0 unspecified atom stereocenters. The lowest BCUT2D eigenvalue weighted by molar-refractivity contribution is -0.141. The molecule has 0 spiro atoms. The van der Waals surface area contributed by atoms with Gasteiger partial charge in [-0.25, -0.2) is 0 Å². The third-order valence-corrected chi connectivity index (χ3v) is 9.20. The van der Waals surface area contributed by atoms with Gasteiger partial charge in [-0.2, -0.15) is 0 Å². The summed E-state index contributed by atoms with van der Waals surface area (Å²) < 4.78 is 0. The van der Waals surface area contributed by atoms with Crippen LogP contribution in [0, 0.1) is 19.8 Å². The molecule has 2 atom stereocenters. The highest BCUT2D eigenvalue weighted by Crippen LogP contribution is 2.35. The molecule has 2 aromatic heterocycles. The van der Waals surface area contributed by atoms with Crippen molar-refractivity contribution in [3.63, 3.8) is 0 Å². The number of rotatable bonds is 12. The number of hydrogen-bond donors (Lipinski definition) is 6. The minimum atomic E-state index is -0.905. The van der Waals surface area contributed by atoms with Crippen LogP contribution in [0.3, 0.4) is 0 Å². The van der Waals surface area contributed by atoms with Gasteiger partial charge in [0, 0.05) is 51.7 Å². The van der Waals surface area contributed by atoms with Crippen LogP contribution in [0.4, 0.5) is 0 Å². The minimum Gasteiger partial charge on any atom is -0.481 e. The van der Waals surface area contributed by atoms with E-state index in [1.54, 1.807) is 20.8 Å². The van der Waals surface area contributed by atoms with Crippen molar-refractivity contribution in [1.29, 1.82) is 0 Å². The Morgan fingerprint density at radius 2 is 1.27 bits per heavy atom. The van der Waals surface area contributed by atoms with Gasteiger partial charge in [-0.3, -0.25) is 19.2 Å². The topological polar surface area (TPSA) is 164 Å². The Morgan fingerprint density at radius 3 is 1.73 bits per heavy atom. The van der Waals surface area contributed by atoms with Crippen LogP contribution in [-0.4, -0.2) is 43.9 Å². The number of carboxylic acids is 2. The Bertz CT molecular complexity index is 1710. The number of aliphatic carboxylic acids is 2. The van der Waals surface area contributed by atoms with E-state index in [0.717, 1.165) is 67.6 Å². The van der Waals surface area contributed by atoms with Crippen molar-refractivity contribution in [2.75, 3.05) is 0 Å². The van der Waals surface area contributed by atoms with E-state index in [4.69, 9.17) is 0 Å². The lowest BCUT2D eigenvalue weighted by Crippen LogP contribution is -2.15. The SMILES string of the molecule is CCC1=C(C)C(=O)N/C1=C\c1[nH]c(Cc2[nH]c(/C=C3\NC(=O)C(C)=C3CC)c(C)c2[C@@H](C)CC(=O)O)c(C[C@H](C)C(=O)O)c1C. The summed E-state index contributed by atoms with van der Waals surface area (Å²) in [6, 6.07) is 0. The second kappa shape index (κ2) is 13.2. The van der Waals surface area contributed by atoms with Gasteiger partial charge in [0.2, 0.25) is 0 Å². The maximum Gasteiger partial charge on any atom is 0.306 e. The largest absolute Gasteiger partial charge is 0.481 e. The molecule has 0 saturated carbocycles. The fourth-order valence-corrected chi connectivity index (χ4v) is 6.58. The average Bonchev–Trinajstić information content (AvgIpc) is 3.61. The van der Waals surface area contributed by atoms with E-state index in [-0.39, 0.29) is 24.2 Å². The molecule has 10 nitrogen and oxygen atoms in total. The standard InChI is InChI=1S/C35H44N4O6/c1-9-22-19(6)33(42)38-27(22)13-25-18(5)24(11-17(4)35(44)45)29(36-25)15-30-32(16(3)12-31(40)41)21(8)26(37-30)14-28-23(10-2)20(7)34(43)39-28/h13-14,16-17,36-37H,9-12,15H2,1-8H3,(H,38,42)(H,39,43)(H,40,41)(H,44,45)/b27-13-,28-14-/t16-,17-/m0/s1. The third-order valence-electron chi connectivity index (χ3n) is 9.20. The van der Waals surface area contributed by atoms with Crippen molar-refractivity contribution in [3.8, 4) is 0 Å². The summed E-state index contributed by atoms with van der Waals surface area (Å²) >= 11 is 0. The number of carbonyl (C=O) groups excluding carboxylic acids is 2. The summed E-state index contributed by atoms with van der Waals surface area (Å²) in [4.78, 5) is 55.6. The number of carboxylic acid groups (broad SMARTS) is 2. The van der Waals surface area contributed by atoms with Gasteiger partial charge in [-0.05, 0) is 98.4 Å². The first-order valence-electron chi connectivity index (χ1n) is 15.5. The molecule has 4 rings (SSSR count). The molecular formula is C35H44N4O6. The molecule has 0 saturated heterocycles. The Hall–Kier alpha value is -4.60. The van der Waals surface area contributed by atoms with Crippen molar-refractivity contribution >= 4 is 35.9 Å². The van der Waals surface area contributed by atoms with E-state index >= 15 is 0 Å². The van der Waals surface area contributed by atoms with Crippen LogP contribution in [0.2, 0.25) is 0 Å². The molecule has 6 N–H and O–H groups in total. The van der Waals surface area contributed by atoms with Gasteiger partial charge >= 0.3 is 11.9 Å². The Balaban J connectivity index is 1.86. The molecule has 45 heavy (non-hydrogen) atoms. The molecule has 2 aliphatic heterocycles. The van der Waals surface area contributed by atoms with Gasteiger partial charge in [0.05, 0.1) is 12.3 Å². The number of hydrogen-bond acceptors (Lipinski definition) is 4. The molecule has 10 heteroatoms. The first-order chi connectivity index (χ1) is 21.2. The highest BCUT2D eigenvalue weighted by molar-refractivity contribution is 6.01. The summed E-state index contributed by atoms with van der Waals surface area (Å²) in [7, 11) is 0. The van der Waals surface area contributed by atoms with Crippen molar-refractivity contribution in [2.45, 2.75) is 93.4 Å². The van der Waals surface area contributed by atoms with E-state index in [2.05, 4.69) is 20.6 Å². The van der Waals surface area contributed by atoms with Crippen molar-refractivity contribution in [2.24, 2.45) is 5.92 Å². The van der Waals surface area contributed by atoms with Crippen LogP contribution in [0.25, 0.3) is 12.2 Å². The zero-order valence-electron chi connectivity index (χ0n) is 27.4. The van der Waals surface area contributed by atoms with E-state index in [9.17, 15) is 29.4 Å². The predicted octanol–water partition coefficient (Wildman–Crippen LogP) is 5.79. The molecule has 2 amide bonds. The van der Waals surface area contributed by atoms with Gasteiger partial charge in [-0.1, -0.05) is 27.7 Å². The number of aromatic nitrogens is 2. The zero-order valence-corrected chi connectivity index (χ0v) is 27.4. The smallest absolute Gasteiger partial charge is 0.306 e. The monoisotopic (exact) mass is 616 g/mol. The number of nitrogens with one attached hydrogen (secondary N) is 4. The average molecular weight is 617 g/mol. The number of aromatic amines is 2. The molecule has 2 aromatic rings. The highest BCUT2D eigenvalue weighted by Gasteiger charge is 2.28. The molecule has 0 aliphatic carbocycles. The van der Waals surface area contributed by atoms with Crippen LogP contribution >= 0.6 is 0 Å². The first kappa shape index (κ1) is 33.3. The quantitative estimate of drug-likeness (QED) is 0.177. The summed E-state index contributed by atoms with van der Waals surface area (Å²) in [6.45, 7) is 15.1. The van der Waals surface area contributed by atoms with Gasteiger partial charge in [-0.15, -0.1) is 0 Å². The number of allylic oxidation sites excluding steroid dienone is 2. The first-order valence-corrected chi connectivity index (χ1v) is 15.5. The molecule has 4 heterocycles. The van der Waals surface area contributed by atoms with Crippen LogP contribution in [0.5, 0.6) is 0 Å². The van der Waals surface area contributed by atoms with Gasteiger partial charge in [0.25, 0.3) is 11.8 Å². The lowest BCUT2D eigenvalue weighted by Gasteiger charge is -2.14. The maximum atomic E-state index is 12.4. The van der Waals surface area contributed by atoms with Gasteiger partial charge < -0.3 is 30.8 Å².